The van der Waals surface area contributed by atoms with Crippen LogP contribution in [0.4, 0.5) is 10.5 Å². The maximum atomic E-state index is 12.5. The second-order valence-corrected chi connectivity index (χ2v) is 6.77. The molecular formula is C18H12N2O7S. The number of carbonyl (C=O) groups excluding carboxylic acids is 2. The van der Waals surface area contributed by atoms with Gasteiger partial charge in [-0.25, -0.2) is 4.79 Å². The fourth-order valence-electron chi connectivity index (χ4n) is 2.51. The number of hydrogen-bond donors (Lipinski definition) is 2. The zero-order valence-corrected chi connectivity index (χ0v) is 14.9. The number of aromatic carboxylic acids is 1. The molecule has 0 atom stereocenters. The molecule has 1 fully saturated rings. The van der Waals surface area contributed by atoms with Gasteiger partial charge < -0.3 is 10.2 Å². The Morgan fingerprint density at radius 3 is 2.46 bits per heavy atom. The molecule has 2 N–H and O–H groups in total. The van der Waals surface area contributed by atoms with Crippen LogP contribution in [0.15, 0.2) is 47.4 Å². The largest absolute Gasteiger partial charge is 0.507 e. The van der Waals surface area contributed by atoms with E-state index in [1.807, 2.05) is 0 Å². The van der Waals surface area contributed by atoms with E-state index in [9.17, 15) is 29.6 Å². The van der Waals surface area contributed by atoms with Crippen molar-refractivity contribution in [3.8, 4) is 5.75 Å². The summed E-state index contributed by atoms with van der Waals surface area (Å²) in [5.41, 5.74) is 0.473. The molecule has 2 aromatic rings. The molecule has 0 bridgehead atoms. The van der Waals surface area contributed by atoms with Crippen LogP contribution in [-0.2, 0) is 11.3 Å². The number of nitro benzene ring substituents is 1. The van der Waals surface area contributed by atoms with E-state index in [1.54, 1.807) is 0 Å². The highest BCUT2D eigenvalue weighted by atomic mass is 32.2. The number of carbonyl (C=O) groups is 3. The summed E-state index contributed by atoms with van der Waals surface area (Å²) in [6, 6.07) is 9.31. The maximum Gasteiger partial charge on any atom is 0.339 e. The predicted octanol–water partition coefficient (Wildman–Crippen LogP) is 3.24. The predicted molar refractivity (Wildman–Crippen MR) is 99.7 cm³/mol. The smallest absolute Gasteiger partial charge is 0.339 e. The minimum Gasteiger partial charge on any atom is -0.507 e. The molecule has 3 rings (SSSR count). The van der Waals surface area contributed by atoms with Crippen molar-refractivity contribution < 1.29 is 29.5 Å². The molecule has 10 heteroatoms. The fourth-order valence-corrected chi connectivity index (χ4v) is 3.35. The maximum absolute atomic E-state index is 12.5. The van der Waals surface area contributed by atoms with Crippen LogP contribution in [0.25, 0.3) is 6.08 Å². The topological polar surface area (TPSA) is 138 Å². The van der Waals surface area contributed by atoms with Gasteiger partial charge in [0.1, 0.15) is 11.3 Å². The molecule has 1 saturated heterocycles. The van der Waals surface area contributed by atoms with Crippen molar-refractivity contribution in [2.45, 2.75) is 6.54 Å². The van der Waals surface area contributed by atoms with Crippen molar-refractivity contribution in [3.05, 3.63) is 74.2 Å². The quantitative estimate of drug-likeness (QED) is 0.443. The number of nitro groups is 1. The van der Waals surface area contributed by atoms with Crippen molar-refractivity contribution in [2.75, 3.05) is 0 Å². The van der Waals surface area contributed by atoms with Gasteiger partial charge in [-0.05, 0) is 41.1 Å². The van der Waals surface area contributed by atoms with Gasteiger partial charge in [0.05, 0.1) is 16.4 Å². The van der Waals surface area contributed by atoms with Gasteiger partial charge in [0, 0.05) is 12.1 Å². The van der Waals surface area contributed by atoms with Gasteiger partial charge in [-0.15, -0.1) is 0 Å². The minimum atomic E-state index is -1.32. The Hall–Kier alpha value is -3.66. The molecule has 9 nitrogen and oxygen atoms in total. The number of carboxylic acid groups (broad SMARTS) is 1. The average molecular weight is 400 g/mol. The number of thioether (sulfide) groups is 1. The molecule has 0 spiro atoms. The van der Waals surface area contributed by atoms with Gasteiger partial charge in [0.25, 0.3) is 16.8 Å². The molecule has 0 unspecified atom stereocenters. The standard InChI is InChI=1S/C18H12N2O7S/c21-14-6-3-11(7-13(14)17(23)24)8-15-16(22)19(18(25)28-15)9-10-1-4-12(5-2-10)20(26)27/h1-8,21H,9H2,(H,23,24)/b15-8-. The molecule has 0 aromatic heterocycles. The van der Waals surface area contributed by atoms with Gasteiger partial charge in [-0.2, -0.15) is 0 Å². The summed E-state index contributed by atoms with van der Waals surface area (Å²) in [5, 5.41) is 28.8. The lowest BCUT2D eigenvalue weighted by Crippen LogP contribution is -2.27. The third-order valence-corrected chi connectivity index (χ3v) is 4.82. The van der Waals surface area contributed by atoms with Crippen molar-refractivity contribution in [3.63, 3.8) is 0 Å². The Labute approximate surface area is 162 Å². The molecule has 2 aromatic carbocycles. The molecule has 0 aliphatic carbocycles. The summed E-state index contributed by atoms with van der Waals surface area (Å²) in [6.07, 6.45) is 1.37. The summed E-state index contributed by atoms with van der Waals surface area (Å²) in [5.74, 6) is -2.28. The Morgan fingerprint density at radius 1 is 1.18 bits per heavy atom. The van der Waals surface area contributed by atoms with Gasteiger partial charge in [-0.3, -0.25) is 24.6 Å². The van der Waals surface area contributed by atoms with Crippen molar-refractivity contribution in [1.82, 2.24) is 4.90 Å². The summed E-state index contributed by atoms with van der Waals surface area (Å²) < 4.78 is 0. The summed E-state index contributed by atoms with van der Waals surface area (Å²) in [6.45, 7) is -0.0457. The summed E-state index contributed by atoms with van der Waals surface area (Å²) in [4.78, 5) is 47.0. The first-order valence-electron chi connectivity index (χ1n) is 7.81. The lowest BCUT2D eigenvalue weighted by atomic mass is 10.1. The van der Waals surface area contributed by atoms with E-state index in [0.717, 1.165) is 4.90 Å². The Morgan fingerprint density at radius 2 is 1.86 bits per heavy atom. The highest BCUT2D eigenvalue weighted by Crippen LogP contribution is 2.34. The van der Waals surface area contributed by atoms with Crippen molar-refractivity contribution in [2.24, 2.45) is 0 Å². The molecule has 0 radical (unpaired) electrons. The molecule has 28 heavy (non-hydrogen) atoms. The Balaban J connectivity index is 1.81. The highest BCUT2D eigenvalue weighted by Gasteiger charge is 2.35. The van der Waals surface area contributed by atoms with E-state index in [4.69, 9.17) is 5.11 Å². The van der Waals surface area contributed by atoms with Gasteiger partial charge in [0.15, 0.2) is 0 Å². The average Bonchev–Trinajstić information content (AvgIpc) is 2.91. The summed E-state index contributed by atoms with van der Waals surface area (Å²) >= 11 is 0.703. The number of nitrogens with zero attached hydrogens (tertiary/aromatic N) is 2. The lowest BCUT2D eigenvalue weighted by molar-refractivity contribution is -0.384. The van der Waals surface area contributed by atoms with E-state index in [1.165, 1.54) is 48.5 Å². The van der Waals surface area contributed by atoms with Crippen LogP contribution in [0.2, 0.25) is 0 Å². The normalized spacial score (nSPS) is 15.3. The van der Waals surface area contributed by atoms with Crippen LogP contribution in [0, 0.1) is 10.1 Å². The van der Waals surface area contributed by atoms with Crippen LogP contribution in [-0.4, -0.2) is 37.2 Å². The van der Waals surface area contributed by atoms with E-state index >= 15 is 0 Å². The van der Waals surface area contributed by atoms with Gasteiger partial charge >= 0.3 is 5.97 Å². The van der Waals surface area contributed by atoms with Crippen LogP contribution < -0.4 is 0 Å². The van der Waals surface area contributed by atoms with Crippen LogP contribution >= 0.6 is 11.8 Å². The number of carboxylic acids is 1. The third-order valence-electron chi connectivity index (χ3n) is 3.91. The SMILES string of the molecule is O=C(O)c1cc(/C=C2\SC(=O)N(Cc3ccc([N+](=O)[O-])cc3)C2=O)ccc1O. The minimum absolute atomic E-state index is 0.0457. The Bertz CT molecular complexity index is 1030. The third kappa shape index (κ3) is 3.86. The number of benzene rings is 2. The van der Waals surface area contributed by atoms with E-state index in [-0.39, 0.29) is 22.7 Å². The molecule has 1 aliphatic rings. The zero-order chi connectivity index (χ0) is 20.4. The molecule has 2 amide bonds. The lowest BCUT2D eigenvalue weighted by Gasteiger charge is -2.12. The first-order chi connectivity index (χ1) is 13.3. The monoisotopic (exact) mass is 400 g/mol. The Kier molecular flexibility index (Phi) is 5.14. The molecule has 1 aliphatic heterocycles. The summed E-state index contributed by atoms with van der Waals surface area (Å²) in [7, 11) is 0. The molecule has 142 valence electrons. The first-order valence-corrected chi connectivity index (χ1v) is 8.63. The van der Waals surface area contributed by atoms with Gasteiger partial charge in [-0.1, -0.05) is 18.2 Å². The first kappa shape index (κ1) is 19.1. The van der Waals surface area contributed by atoms with Crippen LogP contribution in [0.1, 0.15) is 21.5 Å². The van der Waals surface area contributed by atoms with E-state index in [0.29, 0.717) is 22.9 Å². The molecule has 1 heterocycles. The van der Waals surface area contributed by atoms with Crippen LogP contribution in [0.3, 0.4) is 0 Å². The van der Waals surface area contributed by atoms with Crippen molar-refractivity contribution in [1.29, 1.82) is 0 Å². The number of hydrogen-bond acceptors (Lipinski definition) is 7. The number of phenols is 1. The number of amides is 2. The van der Waals surface area contributed by atoms with E-state index in [2.05, 4.69) is 0 Å². The second-order valence-electron chi connectivity index (χ2n) is 5.77. The van der Waals surface area contributed by atoms with E-state index < -0.39 is 27.8 Å². The number of rotatable bonds is 5. The number of imide groups is 1. The van der Waals surface area contributed by atoms with Crippen molar-refractivity contribution >= 4 is 40.6 Å². The number of aromatic hydroxyl groups is 1. The second kappa shape index (κ2) is 7.53. The fraction of sp³-hybridized carbons (Fsp3) is 0.0556. The van der Waals surface area contributed by atoms with Gasteiger partial charge in [0.2, 0.25) is 0 Å². The van der Waals surface area contributed by atoms with Crippen LogP contribution in [0.5, 0.6) is 5.75 Å². The molecular weight excluding hydrogens is 388 g/mol. The zero-order valence-electron chi connectivity index (χ0n) is 14.1. The number of non-ortho nitro benzene ring substituents is 1. The highest BCUT2D eigenvalue weighted by molar-refractivity contribution is 8.18. The molecule has 0 saturated carbocycles.